The predicted molar refractivity (Wildman–Crippen MR) is 93.8 cm³/mol. The van der Waals surface area contributed by atoms with E-state index in [4.69, 9.17) is 0 Å². The standard InChI is InChI=1S/C14H22N4OS2/c1-5-9-6-10-12(16-8(2)11(7-19)20-4)17-14(15-3)18-13(10)21-9/h6,8,11,19H,5,7H2,1-4H3,(H2,15,16,17,18). The van der Waals surface area contributed by atoms with Crippen molar-refractivity contribution in [3.05, 3.63) is 10.9 Å². The molecule has 5 nitrogen and oxygen atoms in total. The number of thiophene rings is 1. The van der Waals surface area contributed by atoms with Gasteiger partial charge in [-0.2, -0.15) is 16.7 Å². The van der Waals surface area contributed by atoms with Gasteiger partial charge < -0.3 is 15.7 Å². The van der Waals surface area contributed by atoms with Crippen LogP contribution in [0.25, 0.3) is 10.2 Å². The fourth-order valence-electron chi connectivity index (χ4n) is 2.11. The Morgan fingerprint density at radius 3 is 2.76 bits per heavy atom. The first-order valence-corrected chi connectivity index (χ1v) is 9.11. The lowest BCUT2D eigenvalue weighted by molar-refractivity contribution is 0.288. The first kappa shape index (κ1) is 16.3. The molecule has 7 heteroatoms. The van der Waals surface area contributed by atoms with E-state index in [1.807, 2.05) is 13.3 Å². The summed E-state index contributed by atoms with van der Waals surface area (Å²) in [5, 5.41) is 17.1. The minimum Gasteiger partial charge on any atom is -0.395 e. The van der Waals surface area contributed by atoms with E-state index >= 15 is 0 Å². The Morgan fingerprint density at radius 2 is 2.19 bits per heavy atom. The first-order valence-electron chi connectivity index (χ1n) is 7.01. The number of aliphatic hydroxyl groups is 1. The van der Waals surface area contributed by atoms with Crippen LogP contribution in [0.1, 0.15) is 18.7 Å². The molecule has 116 valence electrons. The molecule has 2 heterocycles. The number of nitrogens with zero attached hydrogens (tertiary/aromatic N) is 2. The van der Waals surface area contributed by atoms with Crippen LogP contribution in [0.4, 0.5) is 11.8 Å². The normalized spacial score (nSPS) is 14.1. The van der Waals surface area contributed by atoms with Crippen molar-refractivity contribution in [3.8, 4) is 0 Å². The van der Waals surface area contributed by atoms with E-state index in [1.54, 1.807) is 23.1 Å². The number of anilines is 2. The van der Waals surface area contributed by atoms with E-state index in [0.717, 1.165) is 22.5 Å². The SMILES string of the molecule is CCc1cc2c(NC(C)C(CO)SC)nc(NC)nc2s1. The monoisotopic (exact) mass is 326 g/mol. The Morgan fingerprint density at radius 1 is 1.43 bits per heavy atom. The average molecular weight is 326 g/mol. The molecule has 21 heavy (non-hydrogen) atoms. The number of fused-ring (bicyclic) bond motifs is 1. The third-order valence-electron chi connectivity index (χ3n) is 3.42. The van der Waals surface area contributed by atoms with Gasteiger partial charge in [-0.05, 0) is 25.7 Å². The largest absolute Gasteiger partial charge is 0.395 e. The molecule has 0 bridgehead atoms. The number of hydrogen-bond acceptors (Lipinski definition) is 7. The Bertz CT molecular complexity index is 598. The molecular weight excluding hydrogens is 304 g/mol. The summed E-state index contributed by atoms with van der Waals surface area (Å²) in [6, 6.07) is 2.28. The fourth-order valence-corrected chi connectivity index (χ4v) is 3.71. The molecule has 2 rings (SSSR count). The quantitative estimate of drug-likeness (QED) is 0.727. The van der Waals surface area contributed by atoms with Gasteiger partial charge in [0.15, 0.2) is 0 Å². The van der Waals surface area contributed by atoms with Crippen LogP contribution >= 0.6 is 23.1 Å². The summed E-state index contributed by atoms with van der Waals surface area (Å²) in [5.41, 5.74) is 0. The van der Waals surface area contributed by atoms with Crippen molar-refractivity contribution in [1.82, 2.24) is 9.97 Å². The molecular formula is C14H22N4OS2. The number of aryl methyl sites for hydroxylation is 1. The highest BCUT2D eigenvalue weighted by Crippen LogP contribution is 2.31. The highest BCUT2D eigenvalue weighted by molar-refractivity contribution is 7.99. The predicted octanol–water partition coefficient (Wildman–Crippen LogP) is 2.82. The van der Waals surface area contributed by atoms with Crippen LogP contribution in [0.5, 0.6) is 0 Å². The molecule has 0 spiro atoms. The average Bonchev–Trinajstić information content (AvgIpc) is 2.91. The van der Waals surface area contributed by atoms with Crippen molar-refractivity contribution in [2.45, 2.75) is 31.6 Å². The lowest BCUT2D eigenvalue weighted by Crippen LogP contribution is -2.31. The number of aromatic nitrogens is 2. The zero-order valence-corrected chi connectivity index (χ0v) is 14.4. The van der Waals surface area contributed by atoms with Gasteiger partial charge in [0, 0.05) is 23.2 Å². The Hall–Kier alpha value is -1.05. The van der Waals surface area contributed by atoms with Crippen LogP contribution in [0, 0.1) is 0 Å². The van der Waals surface area contributed by atoms with E-state index in [2.05, 4.69) is 40.5 Å². The second kappa shape index (κ2) is 7.29. The molecule has 0 radical (unpaired) electrons. The molecule has 3 N–H and O–H groups in total. The summed E-state index contributed by atoms with van der Waals surface area (Å²) in [5.74, 6) is 1.45. The molecule has 2 unspecified atom stereocenters. The first-order chi connectivity index (χ1) is 10.1. The van der Waals surface area contributed by atoms with Gasteiger partial charge in [0.25, 0.3) is 0 Å². The molecule has 0 saturated heterocycles. The number of rotatable bonds is 7. The molecule has 2 aromatic heterocycles. The van der Waals surface area contributed by atoms with Crippen molar-refractivity contribution in [1.29, 1.82) is 0 Å². The lowest BCUT2D eigenvalue weighted by atomic mass is 10.2. The smallest absolute Gasteiger partial charge is 0.225 e. The van der Waals surface area contributed by atoms with Crippen LogP contribution < -0.4 is 10.6 Å². The fraction of sp³-hybridized carbons (Fsp3) is 0.571. The van der Waals surface area contributed by atoms with Gasteiger partial charge in [-0.3, -0.25) is 0 Å². The molecule has 0 aromatic carbocycles. The summed E-state index contributed by atoms with van der Waals surface area (Å²) in [4.78, 5) is 11.3. The highest BCUT2D eigenvalue weighted by atomic mass is 32.2. The van der Waals surface area contributed by atoms with Gasteiger partial charge in [-0.25, -0.2) is 4.98 Å². The topological polar surface area (TPSA) is 70.1 Å². The maximum Gasteiger partial charge on any atom is 0.225 e. The molecule has 2 aromatic rings. The Kier molecular flexibility index (Phi) is 5.66. The van der Waals surface area contributed by atoms with Crippen LogP contribution in [0.2, 0.25) is 0 Å². The molecule has 0 saturated carbocycles. The van der Waals surface area contributed by atoms with E-state index in [0.29, 0.717) is 5.95 Å². The highest BCUT2D eigenvalue weighted by Gasteiger charge is 2.18. The van der Waals surface area contributed by atoms with Gasteiger partial charge in [-0.15, -0.1) is 11.3 Å². The summed E-state index contributed by atoms with van der Waals surface area (Å²) >= 11 is 3.36. The van der Waals surface area contributed by atoms with Crippen molar-refractivity contribution >= 4 is 45.1 Å². The van der Waals surface area contributed by atoms with Gasteiger partial charge in [0.2, 0.25) is 5.95 Å². The van der Waals surface area contributed by atoms with Crippen LogP contribution in [-0.4, -0.2) is 46.3 Å². The number of nitrogens with one attached hydrogen (secondary N) is 2. The van der Waals surface area contributed by atoms with Gasteiger partial charge in [0.1, 0.15) is 10.6 Å². The van der Waals surface area contributed by atoms with Crippen molar-refractivity contribution < 1.29 is 5.11 Å². The van der Waals surface area contributed by atoms with E-state index in [1.165, 1.54) is 4.88 Å². The third-order valence-corrected chi connectivity index (χ3v) is 5.76. The zero-order chi connectivity index (χ0) is 15.4. The summed E-state index contributed by atoms with van der Waals surface area (Å²) < 4.78 is 0. The van der Waals surface area contributed by atoms with Crippen LogP contribution in [0.15, 0.2) is 6.07 Å². The summed E-state index contributed by atoms with van der Waals surface area (Å²) in [7, 11) is 1.82. The zero-order valence-electron chi connectivity index (χ0n) is 12.8. The van der Waals surface area contributed by atoms with Crippen molar-refractivity contribution in [2.24, 2.45) is 0 Å². The van der Waals surface area contributed by atoms with Gasteiger partial charge in [-0.1, -0.05) is 6.92 Å². The maximum atomic E-state index is 9.43. The van der Waals surface area contributed by atoms with Crippen LogP contribution in [-0.2, 0) is 6.42 Å². The summed E-state index contributed by atoms with van der Waals surface area (Å²) in [6.45, 7) is 4.35. The molecule has 2 atom stereocenters. The third kappa shape index (κ3) is 3.59. The minimum atomic E-state index is 0.123. The lowest BCUT2D eigenvalue weighted by Gasteiger charge is -2.22. The van der Waals surface area contributed by atoms with Crippen molar-refractivity contribution in [2.75, 3.05) is 30.5 Å². The number of aliphatic hydroxyl groups excluding tert-OH is 1. The minimum absolute atomic E-state index is 0.123. The second-order valence-electron chi connectivity index (χ2n) is 4.82. The van der Waals surface area contributed by atoms with Crippen molar-refractivity contribution in [3.63, 3.8) is 0 Å². The van der Waals surface area contributed by atoms with Gasteiger partial charge >= 0.3 is 0 Å². The molecule has 0 aliphatic rings. The van der Waals surface area contributed by atoms with E-state index in [-0.39, 0.29) is 17.9 Å². The number of hydrogen-bond donors (Lipinski definition) is 3. The molecule has 0 aliphatic heterocycles. The number of thioether (sulfide) groups is 1. The van der Waals surface area contributed by atoms with E-state index in [9.17, 15) is 5.11 Å². The molecule has 0 fully saturated rings. The Balaban J connectivity index is 2.38. The molecule has 0 amide bonds. The van der Waals surface area contributed by atoms with E-state index < -0.39 is 0 Å². The summed E-state index contributed by atoms with van der Waals surface area (Å²) in [6.07, 6.45) is 3.00. The maximum absolute atomic E-state index is 9.43. The Labute approximate surface area is 133 Å². The van der Waals surface area contributed by atoms with Crippen LogP contribution in [0.3, 0.4) is 0 Å². The second-order valence-corrected chi connectivity index (χ2v) is 7.01. The van der Waals surface area contributed by atoms with Gasteiger partial charge in [0.05, 0.1) is 12.0 Å². The molecule has 0 aliphatic carbocycles.